The van der Waals surface area contributed by atoms with Crippen LogP contribution in [0.4, 0.5) is 15.8 Å². The molecule has 0 bridgehead atoms. The van der Waals surface area contributed by atoms with E-state index >= 15 is 0 Å². The molecule has 2 N–H and O–H groups in total. The fraction of sp³-hybridized carbons (Fsp3) is 0.400. The van der Waals surface area contributed by atoms with Crippen LogP contribution in [0.25, 0.3) is 0 Å². The second-order valence-corrected chi connectivity index (χ2v) is 8.39. The Bertz CT molecular complexity index is 1010. The monoisotopic (exact) mass is 470 g/mol. The maximum atomic E-state index is 14.8. The minimum Gasteiger partial charge on any atom is -0.461 e. The second-order valence-electron chi connectivity index (χ2n) is 8.39. The van der Waals surface area contributed by atoms with E-state index in [4.69, 9.17) is 4.74 Å². The first-order valence-corrected chi connectivity index (χ1v) is 11.3. The number of amides is 1. The third-order valence-electron chi connectivity index (χ3n) is 5.73. The van der Waals surface area contributed by atoms with Crippen LogP contribution in [0.3, 0.4) is 0 Å². The van der Waals surface area contributed by atoms with Crippen molar-refractivity contribution >= 4 is 29.5 Å². The number of halogens is 1. The smallest absolute Gasteiger partial charge is 0.293 e. The molecule has 2 aromatic carbocycles. The van der Waals surface area contributed by atoms with E-state index in [-0.39, 0.29) is 30.6 Å². The van der Waals surface area contributed by atoms with Crippen LogP contribution in [-0.4, -0.2) is 75.0 Å². The van der Waals surface area contributed by atoms with E-state index in [9.17, 15) is 18.8 Å². The number of benzene rings is 2. The molecule has 0 spiro atoms. The molecule has 3 rings (SSSR count). The number of hydrogen-bond acceptors (Lipinski definition) is 7. The molecule has 182 valence electrons. The van der Waals surface area contributed by atoms with Gasteiger partial charge in [0.05, 0.1) is 25.3 Å². The Balaban J connectivity index is 1.51. The van der Waals surface area contributed by atoms with E-state index < -0.39 is 6.10 Å². The van der Waals surface area contributed by atoms with Crippen molar-refractivity contribution in [2.24, 2.45) is 0 Å². The number of ketones is 1. The van der Waals surface area contributed by atoms with Gasteiger partial charge in [-0.05, 0) is 31.2 Å². The Morgan fingerprint density at radius 1 is 1.12 bits per heavy atom. The van der Waals surface area contributed by atoms with E-state index in [0.29, 0.717) is 50.6 Å². The topological polar surface area (TPSA) is 91.0 Å². The van der Waals surface area contributed by atoms with Crippen LogP contribution in [-0.2, 0) is 14.3 Å². The number of Topliss-reactive ketones (excluding diaryl/α,β-unsaturated/α-hetero) is 1. The molecule has 9 heteroatoms. The van der Waals surface area contributed by atoms with Crippen molar-refractivity contribution in [2.45, 2.75) is 20.0 Å². The van der Waals surface area contributed by atoms with E-state index in [0.717, 1.165) is 11.1 Å². The van der Waals surface area contributed by atoms with Crippen LogP contribution in [0.2, 0.25) is 0 Å². The van der Waals surface area contributed by atoms with Crippen molar-refractivity contribution < 1.29 is 23.5 Å². The van der Waals surface area contributed by atoms with Crippen LogP contribution >= 0.6 is 0 Å². The van der Waals surface area contributed by atoms with Crippen LogP contribution in [0.5, 0.6) is 0 Å². The highest BCUT2D eigenvalue weighted by atomic mass is 19.1. The summed E-state index contributed by atoms with van der Waals surface area (Å²) in [6, 6.07) is 12.5. The third kappa shape index (κ3) is 7.28. The Labute approximate surface area is 199 Å². The summed E-state index contributed by atoms with van der Waals surface area (Å²) in [5.74, 6) is -0.493. The van der Waals surface area contributed by atoms with Crippen LogP contribution in [0.1, 0.15) is 22.8 Å². The van der Waals surface area contributed by atoms with Gasteiger partial charge in [0.1, 0.15) is 11.9 Å². The average molecular weight is 471 g/mol. The van der Waals surface area contributed by atoms with Crippen LogP contribution < -0.4 is 15.5 Å². The Hall–Kier alpha value is -3.46. The van der Waals surface area contributed by atoms with E-state index in [1.165, 1.54) is 13.0 Å². The van der Waals surface area contributed by atoms with Gasteiger partial charge in [-0.3, -0.25) is 19.3 Å². The normalized spacial score (nSPS) is 14.9. The van der Waals surface area contributed by atoms with Crippen molar-refractivity contribution in [2.75, 3.05) is 56.0 Å². The van der Waals surface area contributed by atoms with Crippen molar-refractivity contribution in [3.63, 3.8) is 0 Å². The molecule has 0 saturated carbocycles. The Morgan fingerprint density at radius 2 is 1.88 bits per heavy atom. The summed E-state index contributed by atoms with van der Waals surface area (Å²) >= 11 is 0. The zero-order valence-corrected chi connectivity index (χ0v) is 19.6. The van der Waals surface area contributed by atoms with Gasteiger partial charge in [-0.1, -0.05) is 23.8 Å². The third-order valence-corrected chi connectivity index (χ3v) is 5.73. The number of hydrogen-bond donors (Lipinski definition) is 2. The van der Waals surface area contributed by atoms with Gasteiger partial charge in [-0.15, -0.1) is 0 Å². The molecular weight excluding hydrogens is 439 g/mol. The number of nitrogens with one attached hydrogen (secondary N) is 2. The highest BCUT2D eigenvalue weighted by molar-refractivity contribution is 5.97. The number of aryl methyl sites for hydroxylation is 1. The number of nitrogens with zero attached hydrogens (tertiary/aromatic N) is 2. The summed E-state index contributed by atoms with van der Waals surface area (Å²) in [6.45, 7) is 7.00. The number of piperazine rings is 1. The van der Waals surface area contributed by atoms with Crippen molar-refractivity contribution in [3.05, 3.63) is 59.4 Å². The minimum atomic E-state index is -0.570. The fourth-order valence-corrected chi connectivity index (χ4v) is 3.87. The molecular formula is C25H31FN4O4. The molecule has 8 nitrogen and oxygen atoms in total. The average Bonchev–Trinajstić information content (AvgIpc) is 2.81. The van der Waals surface area contributed by atoms with E-state index in [1.807, 2.05) is 36.1 Å². The first-order valence-electron chi connectivity index (χ1n) is 11.3. The molecule has 1 aliphatic heterocycles. The molecule has 1 aliphatic rings. The lowest BCUT2D eigenvalue weighted by molar-refractivity contribution is -0.133. The minimum absolute atomic E-state index is 0.0918. The molecule has 1 amide bonds. The Morgan fingerprint density at radius 3 is 2.53 bits per heavy atom. The standard InChI is InChI=1S/C25H31FN4O4/c1-18-4-3-5-20(12-18)25(33)16-29-8-10-30(11-9-29)24-7-6-21(13-23(24)26)28-15-22(34-17-31)14-27-19(2)32/h3-7,12-13,17,22,28H,8-11,14-16H2,1-2H3,(H,27,32). The summed E-state index contributed by atoms with van der Waals surface area (Å²) in [5, 5.41) is 5.62. The summed E-state index contributed by atoms with van der Waals surface area (Å²) in [4.78, 5) is 38.4. The van der Waals surface area contributed by atoms with E-state index in [1.54, 1.807) is 12.1 Å². The first-order chi connectivity index (χ1) is 16.4. The highest BCUT2D eigenvalue weighted by Crippen LogP contribution is 2.24. The van der Waals surface area contributed by atoms with Crippen molar-refractivity contribution in [3.8, 4) is 0 Å². The van der Waals surface area contributed by atoms with Gasteiger partial charge >= 0.3 is 0 Å². The lowest BCUT2D eigenvalue weighted by Crippen LogP contribution is -2.48. The van der Waals surface area contributed by atoms with Gasteiger partial charge in [-0.25, -0.2) is 4.39 Å². The lowest BCUT2D eigenvalue weighted by atomic mass is 10.1. The summed E-state index contributed by atoms with van der Waals surface area (Å²) < 4.78 is 19.8. The van der Waals surface area contributed by atoms with Crippen LogP contribution in [0.15, 0.2) is 42.5 Å². The van der Waals surface area contributed by atoms with Gasteiger partial charge in [0.25, 0.3) is 6.47 Å². The van der Waals surface area contributed by atoms with E-state index in [2.05, 4.69) is 15.5 Å². The molecule has 34 heavy (non-hydrogen) atoms. The number of anilines is 2. The summed E-state index contributed by atoms with van der Waals surface area (Å²) in [6.07, 6.45) is -0.570. The lowest BCUT2D eigenvalue weighted by Gasteiger charge is -2.36. The van der Waals surface area contributed by atoms with Gasteiger partial charge in [-0.2, -0.15) is 0 Å². The number of carbonyl (C=O) groups excluding carboxylic acids is 3. The highest BCUT2D eigenvalue weighted by Gasteiger charge is 2.22. The molecule has 1 unspecified atom stereocenters. The summed E-state index contributed by atoms with van der Waals surface area (Å²) in [7, 11) is 0. The predicted octanol–water partition coefficient (Wildman–Crippen LogP) is 2.23. The maximum Gasteiger partial charge on any atom is 0.293 e. The molecule has 1 fully saturated rings. The molecule has 0 radical (unpaired) electrons. The molecule has 2 aromatic rings. The Kier molecular flexibility index (Phi) is 8.98. The van der Waals surface area contributed by atoms with Gasteiger partial charge in [0, 0.05) is 44.4 Å². The quantitative estimate of drug-likeness (QED) is 0.384. The van der Waals surface area contributed by atoms with Gasteiger partial charge in [0.2, 0.25) is 5.91 Å². The molecule has 0 aliphatic carbocycles. The number of ether oxygens (including phenoxy) is 1. The molecule has 1 saturated heterocycles. The number of carbonyl (C=O) groups is 3. The largest absolute Gasteiger partial charge is 0.461 e. The number of rotatable bonds is 11. The van der Waals surface area contributed by atoms with Gasteiger partial charge in [0.15, 0.2) is 5.78 Å². The molecule has 0 aromatic heterocycles. The van der Waals surface area contributed by atoms with Crippen LogP contribution in [0, 0.1) is 12.7 Å². The first kappa shape index (κ1) is 25.2. The molecule has 1 heterocycles. The SMILES string of the molecule is CC(=O)NCC(CNc1ccc(N2CCN(CC(=O)c3cccc(C)c3)CC2)c(F)c1)OC=O. The molecule has 1 atom stereocenters. The predicted molar refractivity (Wildman–Crippen MR) is 129 cm³/mol. The van der Waals surface area contributed by atoms with Crippen molar-refractivity contribution in [1.29, 1.82) is 0 Å². The summed E-state index contributed by atoms with van der Waals surface area (Å²) in [5.41, 5.74) is 2.83. The fourth-order valence-electron chi connectivity index (χ4n) is 3.87. The zero-order valence-electron chi connectivity index (χ0n) is 19.6. The van der Waals surface area contributed by atoms with Crippen molar-refractivity contribution in [1.82, 2.24) is 10.2 Å². The second kappa shape index (κ2) is 12.1. The van der Waals surface area contributed by atoms with Gasteiger partial charge < -0.3 is 20.3 Å². The zero-order chi connectivity index (χ0) is 24.5. The maximum absolute atomic E-state index is 14.8.